The van der Waals surface area contributed by atoms with Crippen LogP contribution in [0.15, 0.2) is 36.5 Å². The van der Waals surface area contributed by atoms with Crippen molar-refractivity contribution >= 4 is 11.7 Å². The number of hydrogen-bond acceptors (Lipinski definition) is 4. The largest absolute Gasteiger partial charge is 0.368 e. The van der Waals surface area contributed by atoms with Crippen LogP contribution in [0, 0.1) is 0 Å². The van der Waals surface area contributed by atoms with E-state index >= 15 is 0 Å². The average molecular weight is 258 g/mol. The van der Waals surface area contributed by atoms with Crippen LogP contribution in [0.1, 0.15) is 12.8 Å². The molecule has 1 saturated heterocycles. The quantitative estimate of drug-likeness (QED) is 0.903. The standard InChI is InChI=1S/C13H14N4O2/c18-13(11-7-4-8-19-11)15-12-9-14-16-17(12)10-5-2-1-3-6-10/h1-3,5-6,9,11H,4,7-8H2,(H,15,18)/t11-/m1/s1. The first-order valence-electron chi connectivity index (χ1n) is 6.23. The third-order valence-corrected chi connectivity index (χ3v) is 3.02. The van der Waals surface area contributed by atoms with Gasteiger partial charge in [-0.1, -0.05) is 23.4 Å². The number of aromatic nitrogens is 3. The van der Waals surface area contributed by atoms with E-state index in [1.807, 2.05) is 30.3 Å². The van der Waals surface area contributed by atoms with E-state index in [-0.39, 0.29) is 12.0 Å². The van der Waals surface area contributed by atoms with Crippen LogP contribution in [-0.2, 0) is 9.53 Å². The van der Waals surface area contributed by atoms with E-state index in [9.17, 15) is 4.79 Å². The van der Waals surface area contributed by atoms with E-state index < -0.39 is 0 Å². The van der Waals surface area contributed by atoms with Crippen LogP contribution in [0.25, 0.3) is 5.69 Å². The number of benzene rings is 1. The first-order chi connectivity index (χ1) is 9.34. The minimum atomic E-state index is -0.362. The summed E-state index contributed by atoms with van der Waals surface area (Å²) in [6.07, 6.45) is 2.85. The smallest absolute Gasteiger partial charge is 0.254 e. The predicted molar refractivity (Wildman–Crippen MR) is 69.0 cm³/mol. The molecule has 98 valence electrons. The molecule has 1 aliphatic heterocycles. The van der Waals surface area contributed by atoms with Gasteiger partial charge in [0.25, 0.3) is 5.91 Å². The van der Waals surface area contributed by atoms with Crippen LogP contribution in [0.3, 0.4) is 0 Å². The number of carbonyl (C=O) groups excluding carboxylic acids is 1. The summed E-state index contributed by atoms with van der Waals surface area (Å²) in [6.45, 7) is 0.647. The number of rotatable bonds is 3. The lowest BCUT2D eigenvalue weighted by Crippen LogP contribution is -2.27. The van der Waals surface area contributed by atoms with Gasteiger partial charge in [-0.2, -0.15) is 4.68 Å². The normalized spacial score (nSPS) is 18.4. The molecule has 1 aromatic carbocycles. The van der Waals surface area contributed by atoms with Gasteiger partial charge in [-0.15, -0.1) is 5.10 Å². The number of anilines is 1. The summed E-state index contributed by atoms with van der Waals surface area (Å²) in [6, 6.07) is 9.53. The van der Waals surface area contributed by atoms with Crippen molar-refractivity contribution < 1.29 is 9.53 Å². The third-order valence-electron chi connectivity index (χ3n) is 3.02. The van der Waals surface area contributed by atoms with Gasteiger partial charge in [0.1, 0.15) is 6.10 Å². The first-order valence-corrected chi connectivity index (χ1v) is 6.23. The molecule has 0 unspecified atom stereocenters. The Labute approximate surface area is 110 Å². The molecule has 2 aromatic rings. The monoisotopic (exact) mass is 258 g/mol. The summed E-state index contributed by atoms with van der Waals surface area (Å²) in [5.74, 6) is 0.406. The highest BCUT2D eigenvalue weighted by atomic mass is 16.5. The van der Waals surface area contributed by atoms with E-state index in [1.54, 1.807) is 4.68 Å². The lowest BCUT2D eigenvalue weighted by molar-refractivity contribution is -0.124. The van der Waals surface area contributed by atoms with Crippen molar-refractivity contribution in [3.8, 4) is 5.69 Å². The minimum Gasteiger partial charge on any atom is -0.368 e. The molecular formula is C13H14N4O2. The van der Waals surface area contributed by atoms with E-state index in [1.165, 1.54) is 6.20 Å². The Morgan fingerprint density at radius 3 is 2.95 bits per heavy atom. The SMILES string of the molecule is O=C(Nc1cnnn1-c1ccccc1)[C@H]1CCCO1. The van der Waals surface area contributed by atoms with Crippen LogP contribution in [0.4, 0.5) is 5.82 Å². The van der Waals surface area contributed by atoms with Crippen LogP contribution in [-0.4, -0.2) is 33.6 Å². The number of nitrogens with zero attached hydrogens (tertiary/aromatic N) is 3. The number of carbonyl (C=O) groups is 1. The van der Waals surface area contributed by atoms with Crippen molar-refractivity contribution in [3.05, 3.63) is 36.5 Å². The van der Waals surface area contributed by atoms with Crippen molar-refractivity contribution in [2.45, 2.75) is 18.9 Å². The topological polar surface area (TPSA) is 69.0 Å². The highest BCUT2D eigenvalue weighted by Crippen LogP contribution is 2.16. The summed E-state index contributed by atoms with van der Waals surface area (Å²) >= 11 is 0. The Balaban J connectivity index is 1.79. The van der Waals surface area contributed by atoms with Gasteiger partial charge in [0.15, 0.2) is 5.82 Å². The molecule has 0 radical (unpaired) electrons. The zero-order valence-corrected chi connectivity index (χ0v) is 10.3. The van der Waals surface area contributed by atoms with Gasteiger partial charge < -0.3 is 10.1 Å². The van der Waals surface area contributed by atoms with Crippen molar-refractivity contribution in [2.24, 2.45) is 0 Å². The molecule has 1 atom stereocenters. The fraction of sp³-hybridized carbons (Fsp3) is 0.308. The highest BCUT2D eigenvalue weighted by molar-refractivity contribution is 5.93. The van der Waals surface area contributed by atoms with Crippen molar-refractivity contribution in [3.63, 3.8) is 0 Å². The Morgan fingerprint density at radius 2 is 2.21 bits per heavy atom. The molecule has 6 heteroatoms. The molecule has 6 nitrogen and oxygen atoms in total. The van der Waals surface area contributed by atoms with Gasteiger partial charge in [-0.25, -0.2) is 0 Å². The van der Waals surface area contributed by atoms with Crippen molar-refractivity contribution in [2.75, 3.05) is 11.9 Å². The molecule has 1 aliphatic rings. The highest BCUT2D eigenvalue weighted by Gasteiger charge is 2.24. The Bertz CT molecular complexity index is 561. The Hall–Kier alpha value is -2.21. The molecule has 3 rings (SSSR count). The molecule has 1 N–H and O–H groups in total. The van der Waals surface area contributed by atoms with E-state index in [0.29, 0.717) is 12.4 Å². The second-order valence-electron chi connectivity index (χ2n) is 4.36. The lowest BCUT2D eigenvalue weighted by atomic mass is 10.2. The molecule has 2 heterocycles. The van der Waals surface area contributed by atoms with E-state index in [0.717, 1.165) is 18.5 Å². The molecule has 19 heavy (non-hydrogen) atoms. The number of hydrogen-bond donors (Lipinski definition) is 1. The zero-order chi connectivity index (χ0) is 13.1. The molecule has 0 aliphatic carbocycles. The fourth-order valence-corrected chi connectivity index (χ4v) is 2.07. The Morgan fingerprint density at radius 1 is 1.37 bits per heavy atom. The third kappa shape index (κ3) is 2.48. The maximum absolute atomic E-state index is 12.0. The molecule has 0 saturated carbocycles. The van der Waals surface area contributed by atoms with Gasteiger partial charge in [0.2, 0.25) is 0 Å². The average Bonchev–Trinajstić information content (AvgIpc) is 3.11. The van der Waals surface area contributed by atoms with Crippen molar-refractivity contribution in [1.82, 2.24) is 15.0 Å². The molecule has 1 amide bonds. The van der Waals surface area contributed by atoms with Crippen LogP contribution >= 0.6 is 0 Å². The van der Waals surface area contributed by atoms with E-state index in [4.69, 9.17) is 4.74 Å². The molecule has 1 fully saturated rings. The van der Waals surface area contributed by atoms with Gasteiger partial charge in [0.05, 0.1) is 11.9 Å². The second-order valence-corrected chi connectivity index (χ2v) is 4.36. The lowest BCUT2D eigenvalue weighted by Gasteiger charge is -2.11. The first kappa shape index (κ1) is 11.9. The summed E-state index contributed by atoms with van der Waals surface area (Å²) in [7, 11) is 0. The predicted octanol–water partition coefficient (Wildman–Crippen LogP) is 1.38. The van der Waals surface area contributed by atoms with Crippen LogP contribution in [0.5, 0.6) is 0 Å². The summed E-state index contributed by atoms with van der Waals surface area (Å²) < 4.78 is 6.94. The van der Waals surface area contributed by atoms with Crippen LogP contribution < -0.4 is 5.32 Å². The summed E-state index contributed by atoms with van der Waals surface area (Å²) in [4.78, 5) is 12.0. The number of ether oxygens (including phenoxy) is 1. The minimum absolute atomic E-state index is 0.142. The number of nitrogens with one attached hydrogen (secondary N) is 1. The molecular weight excluding hydrogens is 244 g/mol. The zero-order valence-electron chi connectivity index (χ0n) is 10.3. The number of para-hydroxylation sites is 1. The summed E-state index contributed by atoms with van der Waals surface area (Å²) in [5.41, 5.74) is 0.850. The van der Waals surface area contributed by atoms with Crippen LogP contribution in [0.2, 0.25) is 0 Å². The molecule has 1 aromatic heterocycles. The maximum Gasteiger partial charge on any atom is 0.254 e. The Kier molecular flexibility index (Phi) is 3.24. The van der Waals surface area contributed by atoms with Gasteiger partial charge >= 0.3 is 0 Å². The van der Waals surface area contributed by atoms with Crippen molar-refractivity contribution in [1.29, 1.82) is 0 Å². The van der Waals surface area contributed by atoms with Gasteiger partial charge in [0, 0.05) is 6.61 Å². The van der Waals surface area contributed by atoms with Gasteiger partial charge in [-0.05, 0) is 25.0 Å². The second kappa shape index (κ2) is 5.19. The molecule has 0 bridgehead atoms. The fourth-order valence-electron chi connectivity index (χ4n) is 2.07. The molecule has 0 spiro atoms. The van der Waals surface area contributed by atoms with Gasteiger partial charge in [-0.3, -0.25) is 4.79 Å². The maximum atomic E-state index is 12.0. The number of amides is 1. The van der Waals surface area contributed by atoms with E-state index in [2.05, 4.69) is 15.6 Å². The summed E-state index contributed by atoms with van der Waals surface area (Å²) in [5, 5.41) is 10.6.